The number of aryl methyl sites for hydroxylation is 2. The zero-order chi connectivity index (χ0) is 19.3. The molecule has 7 heteroatoms. The number of nitrogens with one attached hydrogen (secondary N) is 1. The molecule has 0 aliphatic carbocycles. The van der Waals surface area contributed by atoms with Crippen molar-refractivity contribution in [3.63, 3.8) is 0 Å². The molecule has 0 spiro atoms. The van der Waals surface area contributed by atoms with Gasteiger partial charge in [0.2, 0.25) is 5.56 Å². The number of aromatic nitrogens is 5. The van der Waals surface area contributed by atoms with Gasteiger partial charge >= 0.3 is 0 Å². The molecule has 0 atom stereocenters. The molecule has 0 radical (unpaired) electrons. The lowest BCUT2D eigenvalue weighted by Gasteiger charge is -2.11. The largest absolute Gasteiger partial charge is 0.493 e. The Morgan fingerprint density at radius 2 is 1.96 bits per heavy atom. The lowest BCUT2D eigenvalue weighted by atomic mass is 10.1. The second-order valence-electron chi connectivity index (χ2n) is 6.69. The first-order chi connectivity index (χ1) is 13.7. The van der Waals surface area contributed by atoms with Crippen molar-refractivity contribution in [3.05, 3.63) is 81.9 Å². The standard InChI is InChI=1S/C21H21N5O2/c1-15-13-20(27)22-17-9-5-10-18(21(15)17)28-12-6-11-19-23-24-25-26(19)14-16-7-3-2-4-8-16/h2-5,7-10,13H,6,11-12,14H2,1H3,(H,22,27). The normalized spacial score (nSPS) is 11.0. The molecule has 0 amide bonds. The molecule has 0 saturated heterocycles. The van der Waals surface area contributed by atoms with Crippen LogP contribution in [-0.4, -0.2) is 31.8 Å². The fourth-order valence-corrected chi connectivity index (χ4v) is 3.29. The molecule has 2 aromatic heterocycles. The summed E-state index contributed by atoms with van der Waals surface area (Å²) in [6.45, 7) is 3.11. The topological polar surface area (TPSA) is 85.7 Å². The summed E-state index contributed by atoms with van der Waals surface area (Å²) < 4.78 is 7.82. The molecule has 0 unspecified atom stereocenters. The van der Waals surface area contributed by atoms with Crippen molar-refractivity contribution in [1.29, 1.82) is 0 Å². The van der Waals surface area contributed by atoms with Crippen LogP contribution in [0.15, 0.2) is 59.4 Å². The highest BCUT2D eigenvalue weighted by molar-refractivity contribution is 5.87. The van der Waals surface area contributed by atoms with Crippen LogP contribution in [-0.2, 0) is 13.0 Å². The Labute approximate surface area is 162 Å². The Morgan fingerprint density at radius 1 is 1.11 bits per heavy atom. The van der Waals surface area contributed by atoms with Crippen molar-refractivity contribution in [2.45, 2.75) is 26.3 Å². The first kappa shape index (κ1) is 17.9. The number of ether oxygens (including phenoxy) is 1. The van der Waals surface area contributed by atoms with Crippen molar-refractivity contribution in [2.75, 3.05) is 6.61 Å². The average molecular weight is 375 g/mol. The van der Waals surface area contributed by atoms with E-state index in [9.17, 15) is 4.79 Å². The van der Waals surface area contributed by atoms with Crippen molar-refractivity contribution in [2.24, 2.45) is 0 Å². The number of pyridine rings is 1. The fourth-order valence-electron chi connectivity index (χ4n) is 3.29. The molecule has 0 aliphatic rings. The number of H-pyrrole nitrogens is 1. The quantitative estimate of drug-likeness (QED) is 0.502. The van der Waals surface area contributed by atoms with E-state index in [4.69, 9.17) is 4.74 Å². The van der Waals surface area contributed by atoms with Gasteiger partial charge in [0, 0.05) is 17.9 Å². The number of rotatable bonds is 7. The number of hydrogen-bond donors (Lipinski definition) is 1. The van der Waals surface area contributed by atoms with Gasteiger partial charge in [0.1, 0.15) is 5.75 Å². The molecule has 1 N–H and O–H groups in total. The molecule has 7 nitrogen and oxygen atoms in total. The Hall–Kier alpha value is -3.48. The van der Waals surface area contributed by atoms with Crippen LogP contribution >= 0.6 is 0 Å². The second kappa shape index (κ2) is 8.04. The molecular formula is C21H21N5O2. The molecule has 4 aromatic rings. The summed E-state index contributed by atoms with van der Waals surface area (Å²) in [7, 11) is 0. The van der Waals surface area contributed by atoms with Crippen molar-refractivity contribution >= 4 is 10.9 Å². The minimum Gasteiger partial charge on any atom is -0.493 e. The minimum absolute atomic E-state index is 0.104. The third-order valence-corrected chi connectivity index (χ3v) is 4.61. The van der Waals surface area contributed by atoms with Gasteiger partial charge in [0.05, 0.1) is 18.7 Å². The summed E-state index contributed by atoms with van der Waals surface area (Å²) in [4.78, 5) is 14.5. The maximum atomic E-state index is 11.7. The lowest BCUT2D eigenvalue weighted by Crippen LogP contribution is -2.09. The molecule has 0 saturated carbocycles. The Kier molecular flexibility index (Phi) is 5.14. The summed E-state index contributed by atoms with van der Waals surface area (Å²) in [5.41, 5.74) is 2.75. The van der Waals surface area contributed by atoms with E-state index in [-0.39, 0.29) is 5.56 Å². The van der Waals surface area contributed by atoms with Crippen LogP contribution in [0.2, 0.25) is 0 Å². The van der Waals surface area contributed by atoms with Gasteiger partial charge in [0.15, 0.2) is 5.82 Å². The van der Waals surface area contributed by atoms with Gasteiger partial charge in [-0.25, -0.2) is 4.68 Å². The number of nitrogens with zero attached hydrogens (tertiary/aromatic N) is 4. The number of tetrazole rings is 1. The maximum absolute atomic E-state index is 11.7. The molecule has 2 heterocycles. The number of benzene rings is 2. The second-order valence-corrected chi connectivity index (χ2v) is 6.69. The van der Waals surface area contributed by atoms with E-state index in [1.807, 2.05) is 48.0 Å². The summed E-state index contributed by atoms with van der Waals surface area (Å²) in [5, 5.41) is 13.0. The van der Waals surface area contributed by atoms with Gasteiger partial charge in [-0.2, -0.15) is 0 Å². The first-order valence-corrected chi connectivity index (χ1v) is 9.25. The smallest absolute Gasteiger partial charge is 0.248 e. The van der Waals surface area contributed by atoms with Gasteiger partial charge in [-0.1, -0.05) is 36.4 Å². The fraction of sp³-hybridized carbons (Fsp3) is 0.238. The first-order valence-electron chi connectivity index (χ1n) is 9.25. The number of fused-ring (bicyclic) bond motifs is 1. The summed E-state index contributed by atoms with van der Waals surface area (Å²) in [6, 6.07) is 17.4. The zero-order valence-corrected chi connectivity index (χ0v) is 15.6. The van der Waals surface area contributed by atoms with Crippen LogP contribution in [0.1, 0.15) is 23.4 Å². The van der Waals surface area contributed by atoms with Crippen LogP contribution in [0.5, 0.6) is 5.75 Å². The molecule has 4 rings (SSSR count). The van der Waals surface area contributed by atoms with Crippen LogP contribution in [0.3, 0.4) is 0 Å². The van der Waals surface area contributed by atoms with E-state index in [0.717, 1.165) is 46.4 Å². The molecule has 142 valence electrons. The van der Waals surface area contributed by atoms with Gasteiger partial charge < -0.3 is 9.72 Å². The molecule has 2 aromatic carbocycles. The zero-order valence-electron chi connectivity index (χ0n) is 15.6. The van der Waals surface area contributed by atoms with E-state index in [2.05, 4.69) is 32.6 Å². The Bertz CT molecular complexity index is 1130. The molecule has 28 heavy (non-hydrogen) atoms. The molecular weight excluding hydrogens is 354 g/mol. The molecule has 0 bridgehead atoms. The van der Waals surface area contributed by atoms with E-state index in [1.54, 1.807) is 6.07 Å². The monoisotopic (exact) mass is 375 g/mol. The van der Waals surface area contributed by atoms with Crippen LogP contribution in [0.4, 0.5) is 0 Å². The van der Waals surface area contributed by atoms with Crippen LogP contribution in [0.25, 0.3) is 10.9 Å². The van der Waals surface area contributed by atoms with Gasteiger partial charge in [0.25, 0.3) is 0 Å². The summed E-state index contributed by atoms with van der Waals surface area (Å²) >= 11 is 0. The highest BCUT2D eigenvalue weighted by Gasteiger charge is 2.09. The van der Waals surface area contributed by atoms with Crippen molar-refractivity contribution in [1.82, 2.24) is 25.2 Å². The van der Waals surface area contributed by atoms with E-state index >= 15 is 0 Å². The number of aromatic amines is 1. The predicted octanol–water partition coefficient (Wildman–Crippen LogP) is 2.88. The summed E-state index contributed by atoms with van der Waals surface area (Å²) in [5.74, 6) is 1.61. The Balaban J connectivity index is 1.39. The SMILES string of the molecule is Cc1cc(=O)[nH]c2cccc(OCCCc3nnnn3Cc3ccccc3)c12. The highest BCUT2D eigenvalue weighted by atomic mass is 16.5. The van der Waals surface area contributed by atoms with Gasteiger partial charge in [-0.3, -0.25) is 4.79 Å². The predicted molar refractivity (Wildman–Crippen MR) is 106 cm³/mol. The number of hydrogen-bond acceptors (Lipinski definition) is 5. The van der Waals surface area contributed by atoms with Gasteiger partial charge in [-0.15, -0.1) is 5.10 Å². The highest BCUT2D eigenvalue weighted by Crippen LogP contribution is 2.26. The molecule has 0 fully saturated rings. The Morgan fingerprint density at radius 3 is 2.82 bits per heavy atom. The third-order valence-electron chi connectivity index (χ3n) is 4.61. The van der Waals surface area contributed by atoms with Crippen molar-refractivity contribution < 1.29 is 4.74 Å². The lowest BCUT2D eigenvalue weighted by molar-refractivity contribution is 0.312. The van der Waals surface area contributed by atoms with Gasteiger partial charge in [-0.05, 0) is 47.0 Å². The van der Waals surface area contributed by atoms with Crippen LogP contribution < -0.4 is 10.3 Å². The van der Waals surface area contributed by atoms with E-state index in [0.29, 0.717) is 13.2 Å². The third kappa shape index (κ3) is 3.93. The average Bonchev–Trinajstić information content (AvgIpc) is 3.12. The summed E-state index contributed by atoms with van der Waals surface area (Å²) in [6.07, 6.45) is 1.51. The van der Waals surface area contributed by atoms with E-state index in [1.165, 1.54) is 0 Å². The minimum atomic E-state index is -0.104. The van der Waals surface area contributed by atoms with Crippen molar-refractivity contribution in [3.8, 4) is 5.75 Å². The maximum Gasteiger partial charge on any atom is 0.248 e. The molecule has 0 aliphatic heterocycles. The van der Waals surface area contributed by atoms with Crippen LogP contribution in [0, 0.1) is 6.92 Å². The van der Waals surface area contributed by atoms with E-state index < -0.39 is 0 Å².